The second-order valence-electron chi connectivity index (χ2n) is 2.82. The number of aliphatic hydroxyl groups excluding tert-OH is 1. The van der Waals surface area contributed by atoms with Crippen LogP contribution in [0, 0.1) is 3.57 Å². The smallest absolute Gasteiger partial charge is 0.349 e. The van der Waals surface area contributed by atoms with Gasteiger partial charge in [-0.3, -0.25) is 0 Å². The van der Waals surface area contributed by atoms with Gasteiger partial charge < -0.3 is 5.11 Å². The van der Waals surface area contributed by atoms with E-state index in [9.17, 15) is 4.57 Å². The molecule has 0 heterocycles. The van der Waals surface area contributed by atoms with Gasteiger partial charge in [0, 0.05) is 10.5 Å². The summed E-state index contributed by atoms with van der Waals surface area (Å²) in [5.74, 6) is -0.909. The molecule has 14 heavy (non-hydrogen) atoms. The van der Waals surface area contributed by atoms with Crippen LogP contribution in [0.2, 0.25) is 0 Å². The molecule has 0 aliphatic carbocycles. The van der Waals surface area contributed by atoms with Crippen LogP contribution in [0.5, 0.6) is 0 Å². The summed E-state index contributed by atoms with van der Waals surface area (Å²) in [7, 11) is -1.97. The summed E-state index contributed by atoms with van der Waals surface area (Å²) in [6.45, 7) is 1.73. The lowest BCUT2D eigenvalue weighted by Crippen LogP contribution is -1.95. The summed E-state index contributed by atoms with van der Waals surface area (Å²) in [6.07, 6.45) is 0. The van der Waals surface area contributed by atoms with E-state index in [1.807, 2.05) is 24.3 Å². The van der Waals surface area contributed by atoms with Crippen molar-refractivity contribution in [2.75, 3.05) is 0 Å². The molecule has 0 bridgehead atoms. The van der Waals surface area contributed by atoms with Gasteiger partial charge in [0.05, 0.1) is 0 Å². The second kappa shape index (κ2) is 5.75. The molecule has 1 rings (SSSR count). The molecule has 1 aromatic rings. The summed E-state index contributed by atoms with van der Waals surface area (Å²) >= 11 is 2.20. The minimum atomic E-state index is -1.97. The molecule has 2 atom stereocenters. The van der Waals surface area contributed by atoms with Crippen molar-refractivity contribution in [3.05, 3.63) is 33.4 Å². The number of hydrogen-bond acceptors (Lipinski definition) is 3. The predicted molar refractivity (Wildman–Crippen MR) is 63.2 cm³/mol. The van der Waals surface area contributed by atoms with Gasteiger partial charge in [0.25, 0.3) is 5.85 Å². The van der Waals surface area contributed by atoms with Crippen molar-refractivity contribution >= 4 is 30.6 Å². The molecular weight excluding hydrogens is 314 g/mol. The van der Waals surface area contributed by atoms with Gasteiger partial charge in [0.1, 0.15) is 6.61 Å². The Morgan fingerprint density at radius 1 is 1.64 bits per heavy atom. The van der Waals surface area contributed by atoms with E-state index in [4.69, 9.17) is 9.63 Å². The third-order valence-electron chi connectivity index (χ3n) is 1.55. The summed E-state index contributed by atoms with van der Waals surface area (Å²) < 4.78 is 17.2. The van der Waals surface area contributed by atoms with E-state index in [1.165, 1.54) is 6.92 Å². The molecule has 3 nitrogen and oxygen atoms in total. The fourth-order valence-electron chi connectivity index (χ4n) is 0.873. The van der Waals surface area contributed by atoms with Crippen molar-refractivity contribution in [1.29, 1.82) is 0 Å². The van der Waals surface area contributed by atoms with Crippen LogP contribution in [0.1, 0.15) is 12.5 Å². The Kier molecular flexibility index (Phi) is 4.95. The number of aliphatic hydroxyl groups is 1. The Bertz CT molecular complexity index is 328. The van der Waals surface area contributed by atoms with E-state index in [-0.39, 0.29) is 6.61 Å². The van der Waals surface area contributed by atoms with E-state index in [0.717, 1.165) is 9.13 Å². The SMILES string of the molecule is CC(O)[P+](=O)OCc1cccc(I)c1. The van der Waals surface area contributed by atoms with Gasteiger partial charge in [-0.2, -0.15) is 0 Å². The molecule has 5 heteroatoms. The molecule has 1 aromatic carbocycles. The maximum Gasteiger partial charge on any atom is 0.540 e. The molecular formula is C9H11IO3P+. The Balaban J connectivity index is 2.50. The van der Waals surface area contributed by atoms with Crippen LogP contribution in [0.3, 0.4) is 0 Å². The second-order valence-corrected chi connectivity index (χ2v) is 5.64. The molecule has 0 saturated carbocycles. The van der Waals surface area contributed by atoms with E-state index in [1.54, 1.807) is 0 Å². The van der Waals surface area contributed by atoms with Crippen LogP contribution in [0.15, 0.2) is 24.3 Å². The van der Waals surface area contributed by atoms with Crippen molar-refractivity contribution in [2.24, 2.45) is 0 Å². The summed E-state index contributed by atoms with van der Waals surface area (Å²) in [4.78, 5) is 0. The molecule has 0 saturated heterocycles. The third-order valence-corrected chi connectivity index (χ3v) is 3.22. The van der Waals surface area contributed by atoms with Crippen molar-refractivity contribution < 1.29 is 14.2 Å². The Morgan fingerprint density at radius 2 is 2.36 bits per heavy atom. The minimum Gasteiger partial charge on any atom is -0.349 e. The highest BCUT2D eigenvalue weighted by atomic mass is 127. The van der Waals surface area contributed by atoms with Crippen LogP contribution in [0.25, 0.3) is 0 Å². The zero-order chi connectivity index (χ0) is 10.6. The first-order chi connectivity index (χ1) is 6.59. The molecule has 76 valence electrons. The Labute approximate surface area is 97.5 Å². The lowest BCUT2D eigenvalue weighted by atomic mass is 10.2. The number of benzene rings is 1. The average molecular weight is 325 g/mol. The minimum absolute atomic E-state index is 0.275. The first-order valence-corrected chi connectivity index (χ1v) is 6.44. The van der Waals surface area contributed by atoms with Crippen molar-refractivity contribution in [2.45, 2.75) is 19.4 Å². The largest absolute Gasteiger partial charge is 0.540 e. The number of hydrogen-bond donors (Lipinski definition) is 1. The van der Waals surface area contributed by atoms with Crippen molar-refractivity contribution in [3.8, 4) is 0 Å². The molecule has 0 aromatic heterocycles. The van der Waals surface area contributed by atoms with Gasteiger partial charge in [0.2, 0.25) is 0 Å². The lowest BCUT2D eigenvalue weighted by Gasteiger charge is -1.96. The first kappa shape index (κ1) is 12.0. The van der Waals surface area contributed by atoms with Crippen LogP contribution >= 0.6 is 30.6 Å². The third kappa shape index (κ3) is 4.00. The molecule has 0 fully saturated rings. The van der Waals surface area contributed by atoms with E-state index in [2.05, 4.69) is 22.6 Å². The van der Waals surface area contributed by atoms with Crippen LogP contribution in [-0.4, -0.2) is 11.0 Å². The maximum absolute atomic E-state index is 11.1. The molecule has 0 aliphatic rings. The zero-order valence-electron chi connectivity index (χ0n) is 7.68. The monoisotopic (exact) mass is 325 g/mol. The van der Waals surface area contributed by atoms with Crippen molar-refractivity contribution in [1.82, 2.24) is 0 Å². The highest BCUT2D eigenvalue weighted by Gasteiger charge is 2.25. The van der Waals surface area contributed by atoms with Gasteiger partial charge in [0.15, 0.2) is 0 Å². The molecule has 1 N–H and O–H groups in total. The van der Waals surface area contributed by atoms with E-state index >= 15 is 0 Å². The highest BCUT2D eigenvalue weighted by molar-refractivity contribution is 14.1. The first-order valence-electron chi connectivity index (χ1n) is 4.11. The summed E-state index contributed by atoms with van der Waals surface area (Å²) in [6, 6.07) is 7.73. The standard InChI is InChI=1S/C9H11IO3P/c1-7(11)14(12)13-6-8-3-2-4-9(10)5-8/h2-5,7,11H,6H2,1H3/q+1. The fourth-order valence-corrected chi connectivity index (χ4v) is 1.97. The lowest BCUT2D eigenvalue weighted by molar-refractivity contribution is 0.228. The highest BCUT2D eigenvalue weighted by Crippen LogP contribution is 2.28. The van der Waals surface area contributed by atoms with Crippen molar-refractivity contribution in [3.63, 3.8) is 0 Å². The molecule has 2 unspecified atom stereocenters. The zero-order valence-corrected chi connectivity index (χ0v) is 10.7. The Morgan fingerprint density at radius 3 is 2.93 bits per heavy atom. The van der Waals surface area contributed by atoms with E-state index < -0.39 is 13.9 Å². The number of rotatable bonds is 4. The summed E-state index contributed by atoms with van der Waals surface area (Å²) in [5.41, 5.74) is 0.959. The average Bonchev–Trinajstić information content (AvgIpc) is 2.14. The molecule has 0 radical (unpaired) electrons. The number of halogens is 1. The fraction of sp³-hybridized carbons (Fsp3) is 0.333. The summed E-state index contributed by atoms with van der Waals surface area (Å²) in [5, 5.41) is 8.94. The Hall–Kier alpha value is -0.0300. The quantitative estimate of drug-likeness (QED) is 0.684. The predicted octanol–water partition coefficient (Wildman–Crippen LogP) is 2.89. The van der Waals surface area contributed by atoms with Crippen LogP contribution in [-0.2, 0) is 15.7 Å². The topological polar surface area (TPSA) is 46.5 Å². The normalized spacial score (nSPS) is 13.8. The van der Waals surface area contributed by atoms with Gasteiger partial charge in [-0.1, -0.05) is 12.1 Å². The van der Waals surface area contributed by atoms with Crippen LogP contribution < -0.4 is 0 Å². The van der Waals surface area contributed by atoms with Gasteiger partial charge >= 0.3 is 8.03 Å². The van der Waals surface area contributed by atoms with Crippen LogP contribution in [0.4, 0.5) is 0 Å². The molecule has 0 amide bonds. The van der Waals surface area contributed by atoms with Gasteiger partial charge in [-0.25, -0.2) is 0 Å². The maximum atomic E-state index is 11.1. The molecule has 0 spiro atoms. The van der Waals surface area contributed by atoms with Gasteiger partial charge in [-0.05, 0) is 44.9 Å². The van der Waals surface area contributed by atoms with Gasteiger partial charge in [-0.15, -0.1) is 4.52 Å². The van der Waals surface area contributed by atoms with E-state index in [0.29, 0.717) is 0 Å². The molecule has 0 aliphatic heterocycles.